The van der Waals surface area contributed by atoms with E-state index in [4.69, 9.17) is 9.47 Å². The molecular weight excluding hydrogens is 793 g/mol. The van der Waals surface area contributed by atoms with Crippen LogP contribution in [0.25, 0.3) is 0 Å². The molecule has 10 heteroatoms. The number of fused-ring (bicyclic) bond motifs is 5. The number of hydrogen-bond acceptors (Lipinski definition) is 10. The van der Waals surface area contributed by atoms with Crippen molar-refractivity contribution in [2.45, 2.75) is 127 Å². The van der Waals surface area contributed by atoms with Crippen LogP contribution in [-0.2, 0) is 27.1 Å². The van der Waals surface area contributed by atoms with Crippen molar-refractivity contribution in [1.29, 1.82) is 0 Å². The lowest BCUT2D eigenvalue weighted by Gasteiger charge is -2.61. The van der Waals surface area contributed by atoms with Crippen LogP contribution in [0.5, 0.6) is 0 Å². The Balaban J connectivity index is 1.30. The fourth-order valence-corrected chi connectivity index (χ4v) is 12.8. The zero-order valence-corrected chi connectivity index (χ0v) is 38.6. The number of hydrogen-bond donors (Lipinski definition) is 7. The molecule has 4 aliphatic carbocycles. The number of carbonyl (C=O) groups is 1. The van der Waals surface area contributed by atoms with E-state index in [0.29, 0.717) is 63.2 Å². The fraction of sp³-hybridized carbons (Fsp3) is 0.642. The molecular formula is C53H78N2O8. The first-order valence-corrected chi connectivity index (χ1v) is 23.8. The molecule has 0 radical (unpaired) electrons. The average molecular weight is 871 g/mol. The number of aliphatic hydroxyl groups is 5. The summed E-state index contributed by atoms with van der Waals surface area (Å²) in [6.07, 6.45) is 22.9. The lowest BCUT2D eigenvalue weighted by atomic mass is 9.45. The molecule has 3 fully saturated rings. The van der Waals surface area contributed by atoms with Gasteiger partial charge in [0, 0.05) is 43.1 Å². The van der Waals surface area contributed by atoms with Gasteiger partial charge in [-0.05, 0) is 150 Å². The highest BCUT2D eigenvalue weighted by Gasteiger charge is 2.68. The average Bonchev–Trinajstić information content (AvgIpc) is 3.63. The first-order chi connectivity index (χ1) is 30.4. The monoisotopic (exact) mass is 871 g/mol. The molecule has 10 atom stereocenters. The second kappa shape index (κ2) is 22.4. The number of benzene rings is 1. The molecule has 7 N–H and O–H groups in total. The Hall–Kier alpha value is -3.03. The SMILES string of the molecule is C=C(/C=C/C=C(/COCO)[C@@H]1CC[C@]2([C@@H]1O)[C@@H]1C(=C(C)C=O)[C@@H](C=C[C@@H]1CCO)C[C@]2(O)CCNC)[C@H]1C/C=C(\C)[C@@H](O)N[C@](CCOC)(C2CCCCC2)Cc2cccc(c2)C1. The van der Waals surface area contributed by atoms with E-state index in [1.165, 1.54) is 30.4 Å². The predicted molar refractivity (Wildman–Crippen MR) is 249 cm³/mol. The normalized spacial score (nSPS) is 35.9. The zero-order valence-electron chi connectivity index (χ0n) is 38.6. The zero-order chi connectivity index (χ0) is 45.2. The van der Waals surface area contributed by atoms with Crippen LogP contribution in [0.1, 0.15) is 102 Å². The number of methoxy groups -OCH3 is 1. The Morgan fingerprint density at radius 1 is 1.08 bits per heavy atom. The van der Waals surface area contributed by atoms with Crippen molar-refractivity contribution in [3.63, 3.8) is 0 Å². The summed E-state index contributed by atoms with van der Waals surface area (Å²) in [4.78, 5) is 12.4. The molecule has 0 aromatic heterocycles. The van der Waals surface area contributed by atoms with Crippen LogP contribution in [0.15, 0.2) is 95.2 Å². The Bertz CT molecular complexity index is 1860. The minimum Gasteiger partial charge on any atom is -0.396 e. The van der Waals surface area contributed by atoms with Gasteiger partial charge < -0.3 is 40.3 Å². The molecule has 1 spiro atoms. The van der Waals surface area contributed by atoms with Gasteiger partial charge >= 0.3 is 0 Å². The van der Waals surface area contributed by atoms with Crippen molar-refractivity contribution in [1.82, 2.24) is 10.6 Å². The van der Waals surface area contributed by atoms with E-state index in [0.717, 1.165) is 60.7 Å². The van der Waals surface area contributed by atoms with Gasteiger partial charge in [0.2, 0.25) is 0 Å². The Morgan fingerprint density at radius 2 is 1.86 bits per heavy atom. The highest BCUT2D eigenvalue weighted by molar-refractivity contribution is 5.74. The summed E-state index contributed by atoms with van der Waals surface area (Å²) in [7, 11) is 3.62. The van der Waals surface area contributed by atoms with Crippen molar-refractivity contribution in [2.24, 2.45) is 40.9 Å². The maximum absolute atomic E-state index is 12.9. The van der Waals surface area contributed by atoms with Crippen LogP contribution in [0.4, 0.5) is 0 Å². The summed E-state index contributed by atoms with van der Waals surface area (Å²) in [6, 6.07) is 8.90. The maximum atomic E-state index is 12.9. The summed E-state index contributed by atoms with van der Waals surface area (Å²) in [5.41, 5.74) is 4.19. The summed E-state index contributed by atoms with van der Waals surface area (Å²) in [5.74, 6) is -0.534. The van der Waals surface area contributed by atoms with Crippen LogP contribution in [0.3, 0.4) is 0 Å². The van der Waals surface area contributed by atoms with Crippen molar-refractivity contribution >= 4 is 6.29 Å². The van der Waals surface area contributed by atoms with Crippen LogP contribution in [0, 0.1) is 40.9 Å². The van der Waals surface area contributed by atoms with Crippen LogP contribution >= 0.6 is 0 Å². The Morgan fingerprint density at radius 3 is 2.57 bits per heavy atom. The second-order valence-corrected chi connectivity index (χ2v) is 19.6. The number of aliphatic hydroxyl groups excluding tert-OH is 4. The first-order valence-electron chi connectivity index (χ1n) is 23.8. The van der Waals surface area contributed by atoms with Gasteiger partial charge in [-0.15, -0.1) is 0 Å². The smallest absolute Gasteiger partial charge is 0.145 e. The van der Waals surface area contributed by atoms with Crippen LogP contribution in [0.2, 0.25) is 0 Å². The Kier molecular flexibility index (Phi) is 17.6. The number of rotatable bonds is 17. The predicted octanol–water partition coefficient (Wildman–Crippen LogP) is 6.82. The molecule has 63 heavy (non-hydrogen) atoms. The third-order valence-electron chi connectivity index (χ3n) is 16.1. The molecule has 1 aromatic rings. The van der Waals surface area contributed by atoms with Gasteiger partial charge in [0.15, 0.2) is 0 Å². The minimum absolute atomic E-state index is 0.0480. The number of allylic oxidation sites excluding steroid dienone is 9. The van der Waals surface area contributed by atoms with Gasteiger partial charge in [-0.1, -0.05) is 97.7 Å². The molecule has 1 heterocycles. The summed E-state index contributed by atoms with van der Waals surface area (Å²) in [5, 5.41) is 64.6. The number of aldehydes is 1. The quantitative estimate of drug-likeness (QED) is 0.0291. The number of nitrogens with one attached hydrogen (secondary N) is 2. The van der Waals surface area contributed by atoms with Crippen LogP contribution < -0.4 is 10.6 Å². The fourth-order valence-electron chi connectivity index (χ4n) is 12.8. The highest BCUT2D eigenvalue weighted by atomic mass is 16.6. The third kappa shape index (κ3) is 10.7. The molecule has 1 aromatic carbocycles. The number of carbonyl (C=O) groups excluding carboxylic acids is 1. The molecule has 0 amide bonds. The minimum atomic E-state index is -1.25. The van der Waals surface area contributed by atoms with E-state index in [2.05, 4.69) is 59.7 Å². The highest BCUT2D eigenvalue weighted by Crippen LogP contribution is 2.67. The maximum Gasteiger partial charge on any atom is 0.145 e. The summed E-state index contributed by atoms with van der Waals surface area (Å²) in [6.45, 7) is 9.17. The van der Waals surface area contributed by atoms with E-state index in [9.17, 15) is 30.3 Å². The topological polar surface area (TPSA) is 161 Å². The van der Waals surface area contributed by atoms with E-state index in [1.807, 2.05) is 39.1 Å². The third-order valence-corrected chi connectivity index (χ3v) is 16.1. The molecule has 348 valence electrons. The Labute approximate surface area is 377 Å². The van der Waals surface area contributed by atoms with Gasteiger partial charge in [-0.2, -0.15) is 0 Å². The molecule has 6 rings (SSSR count). The van der Waals surface area contributed by atoms with E-state index >= 15 is 0 Å². The van der Waals surface area contributed by atoms with Crippen LogP contribution in [-0.4, -0.2) is 103 Å². The van der Waals surface area contributed by atoms with Gasteiger partial charge in [0.1, 0.15) is 19.3 Å². The van der Waals surface area contributed by atoms with Crippen molar-refractivity contribution in [3.8, 4) is 0 Å². The number of ether oxygens (including phenoxy) is 2. The largest absolute Gasteiger partial charge is 0.396 e. The second-order valence-electron chi connectivity index (χ2n) is 19.6. The molecule has 0 saturated heterocycles. The van der Waals surface area contributed by atoms with Crippen molar-refractivity contribution < 1.29 is 39.8 Å². The lowest BCUT2D eigenvalue weighted by Crippen LogP contribution is -2.65. The molecule has 1 aliphatic heterocycles. The van der Waals surface area contributed by atoms with E-state index in [-0.39, 0.29) is 48.3 Å². The lowest BCUT2D eigenvalue weighted by molar-refractivity contribution is -0.194. The van der Waals surface area contributed by atoms with Crippen molar-refractivity contribution in [3.05, 3.63) is 106 Å². The van der Waals surface area contributed by atoms with Crippen molar-refractivity contribution in [2.75, 3.05) is 47.3 Å². The first kappa shape index (κ1) is 49.4. The van der Waals surface area contributed by atoms with E-state index < -0.39 is 30.1 Å². The molecule has 10 nitrogen and oxygen atoms in total. The standard InChI is InChI=1S/C53H78N2O8/c1-36(42-18-17-37(2)50(60)55-51(25-28-62-5,45-15-7-6-8-16-45)31-40-13-10-12-39(29-40)30-42)11-9-14-44(34-63-35-58)46-21-23-53(49(46)59)48-41(22-27-56)19-20-43(47(48)38(3)33-57)32-52(53,61)24-26-54-4/h9-14,17,19-20,29,33,41-43,45-46,48-50,54-56,58-61H,1,6-8,15-16,18,21-28,30-32,34-35H2,2-5H3/b11-9+,37-17+,44-14-,47-38?/t41-,42+,43+,46+,48+,49-,50-,51+,52-,53-/m1/s1. The summed E-state index contributed by atoms with van der Waals surface area (Å²) >= 11 is 0. The molecule has 0 unspecified atom stereocenters. The molecule has 3 saturated carbocycles. The van der Waals surface area contributed by atoms with Gasteiger partial charge in [-0.25, -0.2) is 0 Å². The molecule has 5 aliphatic rings. The van der Waals surface area contributed by atoms with Gasteiger partial charge in [0.25, 0.3) is 0 Å². The van der Waals surface area contributed by atoms with Gasteiger partial charge in [0.05, 0.1) is 18.3 Å². The molecule has 4 bridgehead atoms. The summed E-state index contributed by atoms with van der Waals surface area (Å²) < 4.78 is 11.3. The van der Waals surface area contributed by atoms with Gasteiger partial charge in [-0.3, -0.25) is 10.1 Å². The van der Waals surface area contributed by atoms with E-state index in [1.54, 1.807) is 7.11 Å².